The molecule has 1 saturated heterocycles. The van der Waals surface area contributed by atoms with Gasteiger partial charge < -0.3 is 10.0 Å². The third kappa shape index (κ3) is 1.61. The monoisotopic (exact) mass is 163 g/mol. The third-order valence-corrected chi connectivity index (χ3v) is 1.83. The highest BCUT2D eigenvalue weighted by atomic mass is 35.5. The molecule has 58 valence electrons. The lowest BCUT2D eigenvalue weighted by Gasteiger charge is -2.12. The Balaban J connectivity index is 2.39. The van der Waals surface area contributed by atoms with Crippen molar-refractivity contribution in [2.45, 2.75) is 11.8 Å². The molecule has 1 N–H and O–H groups in total. The van der Waals surface area contributed by atoms with Crippen LogP contribution < -0.4 is 0 Å². The van der Waals surface area contributed by atoms with Gasteiger partial charge in [0, 0.05) is 19.5 Å². The second kappa shape index (κ2) is 3.21. The first-order chi connectivity index (χ1) is 4.74. The van der Waals surface area contributed by atoms with E-state index >= 15 is 0 Å². The molecule has 0 saturated carbocycles. The maximum atomic E-state index is 10.9. The zero-order valence-corrected chi connectivity index (χ0v) is 6.34. The number of aliphatic hydroxyl groups is 1. The molecular weight excluding hydrogens is 154 g/mol. The maximum Gasteiger partial charge on any atom is 0.224 e. The van der Waals surface area contributed by atoms with Gasteiger partial charge >= 0.3 is 0 Å². The van der Waals surface area contributed by atoms with E-state index in [2.05, 4.69) is 0 Å². The van der Waals surface area contributed by atoms with Crippen molar-refractivity contribution in [3.8, 4) is 0 Å². The fourth-order valence-electron chi connectivity index (χ4n) is 1.06. The van der Waals surface area contributed by atoms with Gasteiger partial charge in [-0.3, -0.25) is 4.79 Å². The second-order valence-electron chi connectivity index (χ2n) is 2.36. The van der Waals surface area contributed by atoms with Crippen LogP contribution >= 0.6 is 11.6 Å². The quantitative estimate of drug-likeness (QED) is 0.574. The van der Waals surface area contributed by atoms with Crippen molar-refractivity contribution < 1.29 is 9.90 Å². The van der Waals surface area contributed by atoms with E-state index in [9.17, 15) is 4.79 Å². The summed E-state index contributed by atoms with van der Waals surface area (Å²) < 4.78 is 0. The standard InChI is InChI=1S/C6H10ClNO2/c7-5-3-6(10)8(4-5)1-2-9/h5,9H,1-4H2. The number of halogens is 1. The topological polar surface area (TPSA) is 40.5 Å². The first-order valence-corrected chi connectivity index (χ1v) is 3.70. The van der Waals surface area contributed by atoms with E-state index in [1.165, 1.54) is 0 Å². The largest absolute Gasteiger partial charge is 0.395 e. The van der Waals surface area contributed by atoms with Crippen molar-refractivity contribution in [2.24, 2.45) is 0 Å². The molecule has 1 amide bonds. The van der Waals surface area contributed by atoms with E-state index < -0.39 is 0 Å². The summed E-state index contributed by atoms with van der Waals surface area (Å²) in [5.41, 5.74) is 0. The minimum Gasteiger partial charge on any atom is -0.395 e. The normalized spacial score (nSPS) is 26.0. The van der Waals surface area contributed by atoms with Crippen LogP contribution in [-0.2, 0) is 4.79 Å². The Kier molecular flexibility index (Phi) is 2.51. The molecule has 0 radical (unpaired) electrons. The summed E-state index contributed by atoms with van der Waals surface area (Å²) in [5.74, 6) is 0.0500. The van der Waals surface area contributed by atoms with E-state index in [1.54, 1.807) is 4.90 Å². The van der Waals surface area contributed by atoms with Gasteiger partial charge in [-0.2, -0.15) is 0 Å². The van der Waals surface area contributed by atoms with Crippen molar-refractivity contribution in [3.05, 3.63) is 0 Å². The van der Waals surface area contributed by atoms with Crippen LogP contribution in [-0.4, -0.2) is 41.0 Å². The van der Waals surface area contributed by atoms with E-state index in [0.717, 1.165) is 0 Å². The maximum absolute atomic E-state index is 10.9. The van der Waals surface area contributed by atoms with Crippen LogP contribution in [0.1, 0.15) is 6.42 Å². The highest BCUT2D eigenvalue weighted by Crippen LogP contribution is 2.14. The number of carbonyl (C=O) groups excluding carboxylic acids is 1. The number of hydrogen-bond acceptors (Lipinski definition) is 2. The van der Waals surface area contributed by atoms with Crippen molar-refractivity contribution in [2.75, 3.05) is 19.7 Å². The molecule has 1 rings (SSSR count). The lowest BCUT2D eigenvalue weighted by atomic mass is 10.4. The molecular formula is C6H10ClNO2. The van der Waals surface area contributed by atoms with Gasteiger partial charge in [0.05, 0.1) is 12.0 Å². The van der Waals surface area contributed by atoms with Crippen LogP contribution in [0.4, 0.5) is 0 Å². The average molecular weight is 164 g/mol. The number of hydrogen-bond donors (Lipinski definition) is 1. The molecule has 0 aromatic rings. The predicted molar refractivity (Wildman–Crippen MR) is 37.9 cm³/mol. The average Bonchev–Trinajstić information content (AvgIpc) is 2.13. The summed E-state index contributed by atoms with van der Waals surface area (Å²) in [5, 5.41) is 8.44. The first-order valence-electron chi connectivity index (χ1n) is 3.26. The molecule has 1 fully saturated rings. The van der Waals surface area contributed by atoms with Gasteiger partial charge in [-0.25, -0.2) is 0 Å². The van der Waals surface area contributed by atoms with Gasteiger partial charge in [0.15, 0.2) is 0 Å². The number of aliphatic hydroxyl groups excluding tert-OH is 1. The summed E-state index contributed by atoms with van der Waals surface area (Å²) in [6.45, 7) is 1.03. The molecule has 10 heavy (non-hydrogen) atoms. The highest BCUT2D eigenvalue weighted by molar-refractivity contribution is 6.22. The zero-order chi connectivity index (χ0) is 7.56. The minimum absolute atomic E-state index is 0.0232. The first kappa shape index (κ1) is 7.82. The number of alkyl halides is 1. The Bertz CT molecular complexity index is 140. The third-order valence-electron chi connectivity index (χ3n) is 1.54. The molecule has 3 nitrogen and oxygen atoms in total. The molecule has 4 heteroatoms. The van der Waals surface area contributed by atoms with E-state index in [4.69, 9.17) is 16.7 Å². The van der Waals surface area contributed by atoms with E-state index in [0.29, 0.717) is 19.5 Å². The summed E-state index contributed by atoms with van der Waals surface area (Å²) in [4.78, 5) is 12.5. The number of rotatable bonds is 2. The predicted octanol–water partition coefficient (Wildman–Crippen LogP) is -0.182. The second-order valence-corrected chi connectivity index (χ2v) is 2.98. The van der Waals surface area contributed by atoms with Gasteiger partial charge in [-0.1, -0.05) is 0 Å². The van der Waals surface area contributed by atoms with Gasteiger partial charge in [-0.05, 0) is 0 Å². The number of likely N-dealkylation sites (tertiary alicyclic amines) is 1. The van der Waals surface area contributed by atoms with Crippen LogP contribution in [0.25, 0.3) is 0 Å². The number of β-amino-alcohol motifs (C(OH)–C–C–N with tert-alkyl or cyclic N) is 1. The molecule has 0 bridgehead atoms. The molecule has 0 aromatic carbocycles. The number of amides is 1. The summed E-state index contributed by atoms with van der Waals surface area (Å²) >= 11 is 5.69. The van der Waals surface area contributed by atoms with Crippen molar-refractivity contribution >= 4 is 17.5 Å². The Hall–Kier alpha value is -0.280. The van der Waals surface area contributed by atoms with Gasteiger partial charge in [0.2, 0.25) is 5.91 Å². The summed E-state index contributed by atoms with van der Waals surface area (Å²) in [7, 11) is 0. The molecule has 0 spiro atoms. The van der Waals surface area contributed by atoms with Crippen LogP contribution in [0.15, 0.2) is 0 Å². The lowest BCUT2D eigenvalue weighted by Crippen LogP contribution is -2.28. The number of nitrogens with zero attached hydrogens (tertiary/aromatic N) is 1. The van der Waals surface area contributed by atoms with E-state index in [1.807, 2.05) is 0 Å². The molecule has 1 aliphatic heterocycles. The molecule has 1 aliphatic rings. The van der Waals surface area contributed by atoms with Crippen LogP contribution in [0.2, 0.25) is 0 Å². The fraction of sp³-hybridized carbons (Fsp3) is 0.833. The van der Waals surface area contributed by atoms with Gasteiger partial charge in [0.1, 0.15) is 0 Å². The van der Waals surface area contributed by atoms with Crippen LogP contribution in [0.3, 0.4) is 0 Å². The smallest absolute Gasteiger partial charge is 0.224 e. The van der Waals surface area contributed by atoms with Crippen LogP contribution in [0, 0.1) is 0 Å². The van der Waals surface area contributed by atoms with Crippen LogP contribution in [0.5, 0.6) is 0 Å². The molecule has 1 heterocycles. The zero-order valence-electron chi connectivity index (χ0n) is 5.59. The Morgan fingerprint density at radius 1 is 1.80 bits per heavy atom. The Labute approximate surface area is 64.6 Å². The molecule has 0 aromatic heterocycles. The Morgan fingerprint density at radius 3 is 2.90 bits per heavy atom. The molecule has 1 atom stereocenters. The summed E-state index contributed by atoms with van der Waals surface area (Å²) in [6, 6.07) is 0. The highest BCUT2D eigenvalue weighted by Gasteiger charge is 2.26. The minimum atomic E-state index is -0.0564. The van der Waals surface area contributed by atoms with Gasteiger partial charge in [-0.15, -0.1) is 11.6 Å². The van der Waals surface area contributed by atoms with Crippen molar-refractivity contribution in [3.63, 3.8) is 0 Å². The SMILES string of the molecule is O=C1CC(Cl)CN1CCO. The number of carbonyl (C=O) groups is 1. The van der Waals surface area contributed by atoms with Crippen molar-refractivity contribution in [1.82, 2.24) is 4.90 Å². The van der Waals surface area contributed by atoms with Gasteiger partial charge in [0.25, 0.3) is 0 Å². The lowest BCUT2D eigenvalue weighted by molar-refractivity contribution is -0.128. The summed E-state index contributed by atoms with van der Waals surface area (Å²) in [6.07, 6.45) is 0.418. The molecule has 0 aliphatic carbocycles. The van der Waals surface area contributed by atoms with Crippen molar-refractivity contribution in [1.29, 1.82) is 0 Å². The van der Waals surface area contributed by atoms with E-state index in [-0.39, 0.29) is 17.9 Å². The Morgan fingerprint density at radius 2 is 2.50 bits per heavy atom. The fourth-order valence-corrected chi connectivity index (χ4v) is 1.36. The molecule has 1 unspecified atom stereocenters.